The topological polar surface area (TPSA) is 140 Å². The predicted octanol–water partition coefficient (Wildman–Crippen LogP) is 2.43. The van der Waals surface area contributed by atoms with Crippen LogP contribution in [0.25, 0.3) is 0 Å². The van der Waals surface area contributed by atoms with E-state index >= 15 is 0 Å². The third kappa shape index (κ3) is 4.79. The lowest BCUT2D eigenvalue weighted by atomic mass is 10.1. The molecule has 2 aliphatic rings. The summed E-state index contributed by atoms with van der Waals surface area (Å²) in [6.45, 7) is 4.31. The molecule has 0 spiro atoms. The molecular weight excluding hydrogens is 446 g/mol. The van der Waals surface area contributed by atoms with Gasteiger partial charge in [0.15, 0.2) is 17.4 Å². The molecule has 11 heteroatoms. The summed E-state index contributed by atoms with van der Waals surface area (Å²) in [5, 5.41) is 26.5. The zero-order valence-corrected chi connectivity index (χ0v) is 19.3. The van der Waals surface area contributed by atoms with E-state index in [1.165, 1.54) is 6.07 Å². The summed E-state index contributed by atoms with van der Waals surface area (Å²) in [5.41, 5.74) is 1.33. The van der Waals surface area contributed by atoms with E-state index in [2.05, 4.69) is 19.4 Å². The van der Waals surface area contributed by atoms with Gasteiger partial charge in [-0.1, -0.05) is 13.0 Å². The second kappa shape index (κ2) is 9.75. The van der Waals surface area contributed by atoms with Crippen molar-refractivity contribution in [1.82, 2.24) is 10.2 Å². The number of carbonyl (C=O) groups is 1. The van der Waals surface area contributed by atoms with Gasteiger partial charge in [-0.05, 0) is 49.9 Å². The van der Waals surface area contributed by atoms with E-state index in [4.69, 9.17) is 4.42 Å². The van der Waals surface area contributed by atoms with E-state index in [1.54, 1.807) is 23.3 Å². The number of carbonyl (C=O) groups excluding carboxylic acids is 1. The molecule has 1 aromatic heterocycles. The molecule has 1 aromatic carbocycles. The molecule has 4 N–H and O–H groups in total. The summed E-state index contributed by atoms with van der Waals surface area (Å²) in [6.07, 6.45) is 3.87. The molecule has 3 atom stereocenters. The van der Waals surface area contributed by atoms with Crippen molar-refractivity contribution < 1.29 is 23.6 Å². The Hall–Kier alpha value is -3.18. The van der Waals surface area contributed by atoms with Crippen LogP contribution in [0.2, 0.25) is 0 Å². The highest BCUT2D eigenvalue weighted by molar-refractivity contribution is 7.83. The molecule has 0 bridgehead atoms. The van der Waals surface area contributed by atoms with Crippen LogP contribution in [-0.4, -0.2) is 56.1 Å². The quantitative estimate of drug-likeness (QED) is 0.473. The molecule has 33 heavy (non-hydrogen) atoms. The number of para-hydroxylation sites is 1. The lowest BCUT2D eigenvalue weighted by molar-refractivity contribution is 0.0674. The maximum Gasteiger partial charge on any atom is 0.269 e. The molecular formula is C22H27N5O5S. The molecule has 4 rings (SSSR count). The Morgan fingerprint density at radius 3 is 2.85 bits per heavy atom. The van der Waals surface area contributed by atoms with Gasteiger partial charge in [-0.2, -0.15) is 0 Å². The smallest absolute Gasteiger partial charge is 0.269 e. The van der Waals surface area contributed by atoms with Crippen molar-refractivity contribution in [2.24, 2.45) is 8.80 Å². The van der Waals surface area contributed by atoms with Crippen LogP contribution >= 0.6 is 0 Å². The Labute approximate surface area is 194 Å². The number of nitrogens with zero attached hydrogens (tertiary/aromatic N) is 3. The summed E-state index contributed by atoms with van der Waals surface area (Å²) in [7, 11) is 0. The first-order valence-corrected chi connectivity index (χ1v) is 11.9. The summed E-state index contributed by atoms with van der Waals surface area (Å²) < 4.78 is 25.7. The highest BCUT2D eigenvalue weighted by atomic mass is 32.2. The summed E-state index contributed by atoms with van der Waals surface area (Å²) in [6, 6.07) is 6.20. The maximum absolute atomic E-state index is 13.0. The predicted molar refractivity (Wildman–Crippen MR) is 125 cm³/mol. The highest BCUT2D eigenvalue weighted by Gasteiger charge is 2.31. The number of phenolic OH excluding ortho intramolecular Hbond substituents is 1. The fourth-order valence-corrected chi connectivity index (χ4v) is 4.63. The number of amidine groups is 2. The van der Waals surface area contributed by atoms with E-state index < -0.39 is 11.2 Å². The van der Waals surface area contributed by atoms with Crippen LogP contribution in [0.1, 0.15) is 53.9 Å². The number of phenols is 1. The molecule has 2 aromatic rings. The van der Waals surface area contributed by atoms with Crippen molar-refractivity contribution in [1.29, 1.82) is 0 Å². The lowest BCUT2D eigenvalue weighted by Gasteiger charge is -2.24. The Morgan fingerprint density at radius 1 is 1.36 bits per heavy atom. The third-order valence-electron chi connectivity index (χ3n) is 5.74. The molecule has 3 heterocycles. The molecule has 10 nitrogen and oxygen atoms in total. The van der Waals surface area contributed by atoms with Gasteiger partial charge in [0.2, 0.25) is 0 Å². The van der Waals surface area contributed by atoms with Gasteiger partial charge in [-0.25, -0.2) is 4.21 Å². The van der Waals surface area contributed by atoms with E-state index in [9.17, 15) is 19.2 Å². The Morgan fingerprint density at radius 2 is 2.15 bits per heavy atom. The van der Waals surface area contributed by atoms with Crippen LogP contribution in [0.5, 0.6) is 5.75 Å². The number of anilines is 1. The number of amides is 1. The number of hydrogen-bond donors (Lipinski definition) is 4. The largest absolute Gasteiger partial charge is 0.505 e. The van der Waals surface area contributed by atoms with Gasteiger partial charge < -0.3 is 30.2 Å². The molecule has 1 amide bonds. The number of aliphatic hydroxyl groups is 1. The molecule has 0 aliphatic carbocycles. The second-order valence-corrected chi connectivity index (χ2v) is 8.87. The van der Waals surface area contributed by atoms with Gasteiger partial charge in [0.25, 0.3) is 17.1 Å². The zero-order chi connectivity index (χ0) is 23.5. The normalized spacial score (nSPS) is 21.0. The summed E-state index contributed by atoms with van der Waals surface area (Å²) in [5.74, 6) is 0.569. The van der Waals surface area contributed by atoms with Crippen molar-refractivity contribution in [3.05, 3.63) is 47.4 Å². The summed E-state index contributed by atoms with van der Waals surface area (Å²) >= 11 is -1.82. The number of aryl methyl sites for hydroxylation is 1. The number of aliphatic hydroxyl groups excluding tert-OH is 1. The Bertz CT molecular complexity index is 1130. The fraction of sp³-hybridized carbons (Fsp3) is 0.409. The summed E-state index contributed by atoms with van der Waals surface area (Å²) in [4.78, 5) is 14.6. The lowest BCUT2D eigenvalue weighted by Crippen LogP contribution is -2.38. The van der Waals surface area contributed by atoms with Crippen molar-refractivity contribution in [3.8, 4) is 5.75 Å². The monoisotopic (exact) mass is 473 g/mol. The van der Waals surface area contributed by atoms with Gasteiger partial charge in [0.1, 0.15) is 5.76 Å². The molecule has 1 fully saturated rings. The van der Waals surface area contributed by atoms with E-state index in [1.807, 2.05) is 19.9 Å². The molecule has 0 saturated carbocycles. The van der Waals surface area contributed by atoms with Gasteiger partial charge in [-0.3, -0.25) is 4.79 Å². The van der Waals surface area contributed by atoms with Gasteiger partial charge >= 0.3 is 0 Å². The minimum Gasteiger partial charge on any atom is -0.505 e. The SMILES string of the molecule is CCC(NC1=NS(=O)N=C1Nc1cccc(C(=O)N2CCC[C@H]2CO)c1O)c1cc(C)co1. The number of hydrogen-bond acceptors (Lipinski definition) is 7. The number of likely N-dealkylation sites (tertiary alicyclic amines) is 1. The van der Waals surface area contributed by atoms with Gasteiger partial charge in [-0.15, -0.1) is 8.80 Å². The third-order valence-corrected chi connectivity index (χ3v) is 6.42. The average Bonchev–Trinajstić information content (AvgIpc) is 3.53. The van der Waals surface area contributed by atoms with E-state index in [-0.39, 0.29) is 53.3 Å². The Kier molecular flexibility index (Phi) is 6.80. The van der Waals surface area contributed by atoms with Crippen LogP contribution in [0.4, 0.5) is 5.69 Å². The molecule has 1 saturated heterocycles. The molecule has 2 unspecified atom stereocenters. The maximum atomic E-state index is 13.0. The van der Waals surface area contributed by atoms with Crippen LogP contribution < -0.4 is 10.6 Å². The number of aromatic hydroxyl groups is 1. The van der Waals surface area contributed by atoms with Gasteiger partial charge in [0, 0.05) is 6.54 Å². The highest BCUT2D eigenvalue weighted by Crippen LogP contribution is 2.31. The first kappa shape index (κ1) is 23.0. The average molecular weight is 474 g/mol. The van der Waals surface area contributed by atoms with Crippen molar-refractivity contribution in [2.45, 2.75) is 45.2 Å². The molecule has 2 aliphatic heterocycles. The van der Waals surface area contributed by atoms with E-state index in [0.29, 0.717) is 18.7 Å². The van der Waals surface area contributed by atoms with Crippen molar-refractivity contribution in [3.63, 3.8) is 0 Å². The molecule has 0 radical (unpaired) electrons. The van der Waals surface area contributed by atoms with Crippen LogP contribution in [0, 0.1) is 6.92 Å². The number of benzene rings is 1. The number of rotatable bonds is 6. The number of nitrogens with one attached hydrogen (secondary N) is 2. The fourth-order valence-electron chi connectivity index (χ4n) is 4.01. The Balaban J connectivity index is 1.54. The standard InChI is InChI=1S/C22H27N5O5S/c1-3-16(18-10-13(2)12-32-18)23-20-21(26-33(31)25-20)24-17-8-4-7-15(19(17)29)22(30)27-9-5-6-14(27)11-28/h4,7-8,10,12,14,16,28-29H,3,5-6,9,11H2,1-2H3,(H,23,25)(H,24,26)/t14-,16?,33?/m0/s1. The molecule has 176 valence electrons. The minimum absolute atomic E-state index is 0.115. The van der Waals surface area contributed by atoms with Crippen LogP contribution in [0.15, 0.2) is 43.7 Å². The van der Waals surface area contributed by atoms with E-state index in [0.717, 1.165) is 18.4 Å². The first-order chi connectivity index (χ1) is 15.9. The first-order valence-electron chi connectivity index (χ1n) is 10.8. The van der Waals surface area contributed by atoms with Gasteiger partial charge in [0.05, 0.1) is 36.2 Å². The van der Waals surface area contributed by atoms with Crippen LogP contribution in [-0.2, 0) is 11.2 Å². The van der Waals surface area contributed by atoms with Crippen molar-refractivity contribution in [2.75, 3.05) is 18.5 Å². The van der Waals surface area contributed by atoms with Crippen molar-refractivity contribution >= 4 is 34.4 Å². The van der Waals surface area contributed by atoms with Crippen LogP contribution in [0.3, 0.4) is 0 Å². The minimum atomic E-state index is -1.82. The second-order valence-electron chi connectivity index (χ2n) is 8.05. The zero-order valence-electron chi connectivity index (χ0n) is 18.4. The number of furan rings is 1.